The Labute approximate surface area is 88.5 Å². The van der Waals surface area contributed by atoms with Crippen LogP contribution in [0, 0.1) is 0 Å². The molecule has 1 saturated heterocycles. The Hall–Kier alpha value is -1.31. The molecule has 1 fully saturated rings. The zero-order valence-electron chi connectivity index (χ0n) is 8.07. The van der Waals surface area contributed by atoms with Gasteiger partial charge in [0.15, 0.2) is 0 Å². The molecule has 1 heterocycles. The number of aliphatic hydroxyl groups excluding tert-OH is 1. The molecule has 0 aromatic rings. The minimum absolute atomic E-state index is 0.0681. The molecule has 1 aliphatic rings. The van der Waals surface area contributed by atoms with Gasteiger partial charge < -0.3 is 15.1 Å². The number of β-amino-alcohol motifs (C(OH)–C–C–N with tert-alkyl or cyclic N) is 1. The molecule has 2 N–H and O–H groups in total. The first-order chi connectivity index (χ1) is 7.23. The summed E-state index contributed by atoms with van der Waals surface area (Å²) >= 11 is 0. The van der Waals surface area contributed by atoms with Gasteiger partial charge in [0, 0.05) is 6.54 Å². The predicted molar refractivity (Wildman–Crippen MR) is 44.4 cm³/mol. The molecule has 1 rings (SSSR count). The number of alkyl halides is 3. The smallest absolute Gasteiger partial charge is 0.471 e. The Morgan fingerprint density at radius 3 is 2.25 bits per heavy atom. The van der Waals surface area contributed by atoms with Crippen LogP contribution in [0.15, 0.2) is 0 Å². The number of rotatable bonds is 1. The molecular weight excluding hydrogens is 231 g/mol. The number of hydrogen-bond donors (Lipinski definition) is 2. The third-order valence-electron chi connectivity index (χ3n) is 2.35. The van der Waals surface area contributed by atoms with E-state index in [9.17, 15) is 22.8 Å². The summed E-state index contributed by atoms with van der Waals surface area (Å²) in [5, 5.41) is 17.8. The molecule has 0 aromatic carbocycles. The maximum Gasteiger partial charge on any atom is 0.471 e. The summed E-state index contributed by atoms with van der Waals surface area (Å²) in [5.74, 6) is -3.72. The van der Waals surface area contributed by atoms with E-state index in [1.165, 1.54) is 0 Å². The summed E-state index contributed by atoms with van der Waals surface area (Å²) in [6, 6.07) is -1.52. The van der Waals surface area contributed by atoms with Crippen LogP contribution >= 0.6 is 0 Å². The van der Waals surface area contributed by atoms with Crippen molar-refractivity contribution in [1.29, 1.82) is 0 Å². The first-order valence-corrected chi connectivity index (χ1v) is 4.52. The van der Waals surface area contributed by atoms with Crippen molar-refractivity contribution in [2.75, 3.05) is 6.54 Å². The maximum atomic E-state index is 12.1. The quantitative estimate of drug-likeness (QED) is 0.676. The van der Waals surface area contributed by atoms with Crippen molar-refractivity contribution in [3.63, 3.8) is 0 Å². The van der Waals surface area contributed by atoms with E-state index in [1.807, 2.05) is 0 Å². The molecule has 8 heteroatoms. The molecular formula is C8H10F3NO4. The van der Waals surface area contributed by atoms with Crippen molar-refractivity contribution in [3.8, 4) is 0 Å². The average molecular weight is 241 g/mol. The number of carbonyl (C=O) groups excluding carboxylic acids is 1. The van der Waals surface area contributed by atoms with Gasteiger partial charge in [0.2, 0.25) is 0 Å². The number of carboxylic acids is 1. The lowest BCUT2D eigenvalue weighted by atomic mass is 10.00. The van der Waals surface area contributed by atoms with Gasteiger partial charge in [-0.3, -0.25) is 4.79 Å². The van der Waals surface area contributed by atoms with Crippen LogP contribution in [-0.2, 0) is 9.59 Å². The molecule has 2 unspecified atom stereocenters. The van der Waals surface area contributed by atoms with Crippen molar-refractivity contribution in [2.45, 2.75) is 31.2 Å². The third kappa shape index (κ3) is 2.63. The monoisotopic (exact) mass is 241 g/mol. The number of nitrogens with zero attached hydrogens (tertiary/aromatic N) is 1. The Morgan fingerprint density at radius 1 is 1.25 bits per heavy atom. The highest BCUT2D eigenvalue weighted by atomic mass is 19.4. The number of aliphatic carboxylic acids is 1. The second-order valence-electron chi connectivity index (χ2n) is 3.54. The third-order valence-corrected chi connectivity index (χ3v) is 2.35. The van der Waals surface area contributed by atoms with Crippen LogP contribution in [0.4, 0.5) is 13.2 Å². The van der Waals surface area contributed by atoms with E-state index >= 15 is 0 Å². The second kappa shape index (κ2) is 4.28. The van der Waals surface area contributed by atoms with Gasteiger partial charge in [0.05, 0.1) is 6.10 Å². The van der Waals surface area contributed by atoms with Crippen LogP contribution in [-0.4, -0.2) is 51.9 Å². The van der Waals surface area contributed by atoms with Crippen LogP contribution in [0.5, 0.6) is 0 Å². The van der Waals surface area contributed by atoms with Crippen LogP contribution in [0.1, 0.15) is 12.8 Å². The highest BCUT2D eigenvalue weighted by Gasteiger charge is 2.47. The van der Waals surface area contributed by atoms with E-state index in [-0.39, 0.29) is 17.7 Å². The van der Waals surface area contributed by atoms with E-state index < -0.39 is 36.7 Å². The Balaban J connectivity index is 2.87. The molecule has 0 aliphatic carbocycles. The lowest BCUT2D eigenvalue weighted by molar-refractivity contribution is -0.193. The fourth-order valence-electron chi connectivity index (χ4n) is 1.60. The molecule has 0 aromatic heterocycles. The lowest BCUT2D eigenvalue weighted by Crippen LogP contribution is -2.55. The minimum atomic E-state index is -5.12. The Morgan fingerprint density at radius 2 is 1.81 bits per heavy atom. The molecule has 1 amide bonds. The summed E-state index contributed by atoms with van der Waals surface area (Å²) in [6.45, 7) is -0.602. The molecule has 5 nitrogen and oxygen atoms in total. The minimum Gasteiger partial charge on any atom is -0.480 e. The second-order valence-corrected chi connectivity index (χ2v) is 3.54. The molecule has 0 saturated carbocycles. The number of halogens is 3. The number of hydrogen-bond acceptors (Lipinski definition) is 3. The van der Waals surface area contributed by atoms with Gasteiger partial charge in [-0.25, -0.2) is 4.79 Å². The van der Waals surface area contributed by atoms with Crippen molar-refractivity contribution < 1.29 is 33.0 Å². The Kier molecular flexibility index (Phi) is 3.41. The van der Waals surface area contributed by atoms with Crippen LogP contribution in [0.3, 0.4) is 0 Å². The molecule has 0 bridgehead atoms. The van der Waals surface area contributed by atoms with E-state index in [0.717, 1.165) is 0 Å². The first-order valence-electron chi connectivity index (χ1n) is 4.52. The van der Waals surface area contributed by atoms with Crippen molar-refractivity contribution in [1.82, 2.24) is 4.90 Å². The van der Waals surface area contributed by atoms with Crippen molar-refractivity contribution >= 4 is 11.9 Å². The van der Waals surface area contributed by atoms with Gasteiger partial charge in [0.1, 0.15) is 6.04 Å². The summed E-state index contributed by atoms with van der Waals surface area (Å²) < 4.78 is 36.4. The highest BCUT2D eigenvalue weighted by Crippen LogP contribution is 2.25. The van der Waals surface area contributed by atoms with Gasteiger partial charge in [0.25, 0.3) is 0 Å². The van der Waals surface area contributed by atoms with Crippen molar-refractivity contribution in [2.24, 2.45) is 0 Å². The van der Waals surface area contributed by atoms with Crippen LogP contribution < -0.4 is 0 Å². The average Bonchev–Trinajstić information content (AvgIpc) is 2.14. The highest BCUT2D eigenvalue weighted by molar-refractivity contribution is 5.87. The predicted octanol–water partition coefficient (Wildman–Crippen LogP) is -0.0148. The summed E-state index contributed by atoms with van der Waals surface area (Å²) in [7, 11) is 0. The van der Waals surface area contributed by atoms with E-state index in [4.69, 9.17) is 10.2 Å². The van der Waals surface area contributed by atoms with Crippen LogP contribution in [0.25, 0.3) is 0 Å². The zero-order chi connectivity index (χ0) is 12.5. The molecule has 0 radical (unpaired) electrons. The Bertz CT molecular complexity index is 304. The molecule has 0 spiro atoms. The summed E-state index contributed by atoms with van der Waals surface area (Å²) in [6.07, 6.45) is -6.34. The van der Waals surface area contributed by atoms with Gasteiger partial charge in [-0.05, 0) is 12.8 Å². The fourth-order valence-corrected chi connectivity index (χ4v) is 1.60. The largest absolute Gasteiger partial charge is 0.480 e. The zero-order valence-corrected chi connectivity index (χ0v) is 8.07. The maximum absolute atomic E-state index is 12.1. The van der Waals surface area contributed by atoms with Crippen molar-refractivity contribution in [3.05, 3.63) is 0 Å². The molecule has 92 valence electrons. The van der Waals surface area contributed by atoms with Gasteiger partial charge >= 0.3 is 18.1 Å². The summed E-state index contributed by atoms with van der Waals surface area (Å²) in [4.78, 5) is 21.7. The van der Waals surface area contributed by atoms with E-state index in [1.54, 1.807) is 0 Å². The number of amides is 1. The van der Waals surface area contributed by atoms with E-state index in [2.05, 4.69) is 0 Å². The fraction of sp³-hybridized carbons (Fsp3) is 0.750. The van der Waals surface area contributed by atoms with Crippen LogP contribution in [0.2, 0.25) is 0 Å². The number of carboxylic acid groups (broad SMARTS) is 1. The number of carbonyl (C=O) groups is 2. The van der Waals surface area contributed by atoms with Gasteiger partial charge in [-0.1, -0.05) is 0 Å². The SMILES string of the molecule is O=C(O)C1CCC(O)CN1C(=O)C(F)(F)F. The molecule has 1 aliphatic heterocycles. The normalized spacial score (nSPS) is 26.6. The lowest BCUT2D eigenvalue weighted by Gasteiger charge is -2.35. The number of likely N-dealkylation sites (tertiary alicyclic amines) is 1. The van der Waals surface area contributed by atoms with E-state index in [0.29, 0.717) is 0 Å². The molecule has 2 atom stereocenters. The first kappa shape index (κ1) is 12.8. The van der Waals surface area contributed by atoms with Gasteiger partial charge in [-0.15, -0.1) is 0 Å². The topological polar surface area (TPSA) is 77.8 Å². The standard InChI is InChI=1S/C8H10F3NO4/c9-8(10,11)7(16)12-3-4(13)1-2-5(12)6(14)15/h4-5,13H,1-3H2,(H,14,15). The summed E-state index contributed by atoms with van der Waals surface area (Å²) in [5.41, 5.74) is 0. The molecule has 16 heavy (non-hydrogen) atoms. The number of piperidine rings is 1. The number of aliphatic hydroxyl groups is 1. The van der Waals surface area contributed by atoms with Gasteiger partial charge in [-0.2, -0.15) is 13.2 Å².